The fourth-order valence-corrected chi connectivity index (χ4v) is 1.52. The zero-order valence-electron chi connectivity index (χ0n) is 10.3. The largest absolute Gasteiger partial charge is 0.480 e. The van der Waals surface area contributed by atoms with Gasteiger partial charge in [0, 0.05) is 0 Å². The van der Waals surface area contributed by atoms with Crippen LogP contribution in [0.5, 0.6) is 0 Å². The second kappa shape index (κ2) is 5.48. The molecule has 0 spiro atoms. The Morgan fingerprint density at radius 2 is 2.00 bits per heavy atom. The maximum Gasteiger partial charge on any atom is 0.325 e. The summed E-state index contributed by atoms with van der Waals surface area (Å²) in [6.07, 6.45) is 0.213. The van der Waals surface area contributed by atoms with Crippen molar-refractivity contribution < 1.29 is 14.7 Å². The second-order valence-corrected chi connectivity index (χ2v) is 4.23. The molecule has 0 saturated heterocycles. The van der Waals surface area contributed by atoms with Crippen molar-refractivity contribution in [2.45, 2.75) is 33.2 Å². The number of hydrogen-bond donors (Lipinski definition) is 2. The van der Waals surface area contributed by atoms with Crippen molar-refractivity contribution in [2.75, 3.05) is 0 Å². The van der Waals surface area contributed by atoms with Gasteiger partial charge in [0.15, 0.2) is 0 Å². The Labute approximate surface area is 101 Å². The number of carboxylic acids is 1. The highest BCUT2D eigenvalue weighted by Gasteiger charge is 2.14. The van der Waals surface area contributed by atoms with Crippen molar-refractivity contribution in [3.05, 3.63) is 34.9 Å². The van der Waals surface area contributed by atoms with E-state index in [1.165, 1.54) is 6.92 Å². The van der Waals surface area contributed by atoms with Crippen LogP contribution in [0.25, 0.3) is 0 Å². The summed E-state index contributed by atoms with van der Waals surface area (Å²) in [4.78, 5) is 22.2. The molecule has 0 fully saturated rings. The second-order valence-electron chi connectivity index (χ2n) is 4.23. The molecular weight excluding hydrogens is 218 g/mol. The van der Waals surface area contributed by atoms with Crippen LogP contribution in [0, 0.1) is 13.8 Å². The molecule has 0 unspecified atom stereocenters. The Kier molecular flexibility index (Phi) is 4.26. The first-order valence-electron chi connectivity index (χ1n) is 5.48. The first-order chi connectivity index (χ1) is 7.90. The number of carboxylic acid groups (broad SMARTS) is 1. The Balaban J connectivity index is 2.68. The lowest BCUT2D eigenvalue weighted by Crippen LogP contribution is -2.39. The third kappa shape index (κ3) is 3.90. The zero-order chi connectivity index (χ0) is 13.0. The van der Waals surface area contributed by atoms with Gasteiger partial charge in [0.05, 0.1) is 6.42 Å². The third-order valence-corrected chi connectivity index (χ3v) is 2.60. The topological polar surface area (TPSA) is 66.4 Å². The Bertz CT molecular complexity index is 440. The molecule has 0 bridgehead atoms. The first-order valence-corrected chi connectivity index (χ1v) is 5.48. The fourth-order valence-electron chi connectivity index (χ4n) is 1.52. The number of nitrogens with one attached hydrogen (secondary N) is 1. The average molecular weight is 235 g/mol. The third-order valence-electron chi connectivity index (χ3n) is 2.60. The molecule has 2 N–H and O–H groups in total. The first kappa shape index (κ1) is 13.2. The maximum atomic E-state index is 11.6. The van der Waals surface area contributed by atoms with E-state index in [0.717, 1.165) is 16.7 Å². The van der Waals surface area contributed by atoms with Crippen LogP contribution < -0.4 is 5.32 Å². The number of hydrogen-bond acceptors (Lipinski definition) is 2. The molecule has 1 rings (SSSR count). The minimum Gasteiger partial charge on any atom is -0.480 e. The molecule has 0 aliphatic rings. The summed E-state index contributed by atoms with van der Waals surface area (Å²) in [5.41, 5.74) is 3.05. The molecule has 0 radical (unpaired) electrons. The normalized spacial score (nSPS) is 11.9. The average Bonchev–Trinajstić information content (AvgIpc) is 2.23. The molecule has 0 aliphatic carbocycles. The summed E-state index contributed by atoms with van der Waals surface area (Å²) >= 11 is 0. The van der Waals surface area contributed by atoms with E-state index in [0.29, 0.717) is 0 Å². The van der Waals surface area contributed by atoms with Crippen LogP contribution in [0.1, 0.15) is 23.6 Å². The number of amides is 1. The number of benzene rings is 1. The van der Waals surface area contributed by atoms with Crippen LogP contribution in [0.3, 0.4) is 0 Å². The predicted octanol–water partition coefficient (Wildman–Crippen LogP) is 1.44. The highest BCUT2D eigenvalue weighted by atomic mass is 16.4. The molecule has 4 heteroatoms. The van der Waals surface area contributed by atoms with Gasteiger partial charge in [0.25, 0.3) is 0 Å². The SMILES string of the molecule is Cc1ccc(C)c(CC(=O)N[C@@H](C)C(=O)O)c1. The van der Waals surface area contributed by atoms with Gasteiger partial charge in [-0.1, -0.05) is 23.8 Å². The van der Waals surface area contributed by atoms with Gasteiger partial charge in [-0.15, -0.1) is 0 Å². The van der Waals surface area contributed by atoms with Crippen LogP contribution >= 0.6 is 0 Å². The lowest BCUT2D eigenvalue weighted by molar-refractivity contribution is -0.141. The number of aryl methyl sites for hydroxylation is 2. The fraction of sp³-hybridized carbons (Fsp3) is 0.385. The maximum absolute atomic E-state index is 11.6. The van der Waals surface area contributed by atoms with Crippen LogP contribution in [-0.4, -0.2) is 23.0 Å². The molecule has 0 saturated carbocycles. The predicted molar refractivity (Wildman–Crippen MR) is 64.9 cm³/mol. The minimum atomic E-state index is -1.03. The lowest BCUT2D eigenvalue weighted by Gasteiger charge is -2.11. The monoisotopic (exact) mass is 235 g/mol. The van der Waals surface area contributed by atoms with Gasteiger partial charge < -0.3 is 10.4 Å². The highest BCUT2D eigenvalue weighted by molar-refractivity contribution is 5.84. The lowest BCUT2D eigenvalue weighted by atomic mass is 10.0. The molecule has 0 aromatic heterocycles. The van der Waals surface area contributed by atoms with Gasteiger partial charge in [-0.25, -0.2) is 0 Å². The number of aliphatic carboxylic acids is 1. The molecule has 17 heavy (non-hydrogen) atoms. The standard InChI is InChI=1S/C13H17NO3/c1-8-4-5-9(2)11(6-8)7-12(15)14-10(3)13(16)17/h4-6,10H,7H2,1-3H3,(H,14,15)(H,16,17)/t10-/m0/s1. The van der Waals surface area contributed by atoms with E-state index < -0.39 is 12.0 Å². The van der Waals surface area contributed by atoms with Crippen molar-refractivity contribution in [3.8, 4) is 0 Å². The van der Waals surface area contributed by atoms with E-state index in [1.54, 1.807) is 0 Å². The van der Waals surface area contributed by atoms with E-state index in [4.69, 9.17) is 5.11 Å². The molecular formula is C13H17NO3. The Morgan fingerprint density at radius 3 is 2.59 bits per heavy atom. The van der Waals surface area contributed by atoms with E-state index in [-0.39, 0.29) is 12.3 Å². The molecule has 1 amide bonds. The van der Waals surface area contributed by atoms with Crippen molar-refractivity contribution in [1.82, 2.24) is 5.32 Å². The van der Waals surface area contributed by atoms with Crippen LogP contribution in [0.4, 0.5) is 0 Å². The van der Waals surface area contributed by atoms with Gasteiger partial charge in [-0.3, -0.25) is 9.59 Å². The van der Waals surface area contributed by atoms with Crippen molar-refractivity contribution >= 4 is 11.9 Å². The highest BCUT2D eigenvalue weighted by Crippen LogP contribution is 2.11. The van der Waals surface area contributed by atoms with E-state index in [9.17, 15) is 9.59 Å². The Morgan fingerprint density at radius 1 is 1.35 bits per heavy atom. The molecule has 4 nitrogen and oxygen atoms in total. The van der Waals surface area contributed by atoms with Gasteiger partial charge in [-0.05, 0) is 31.9 Å². The molecule has 92 valence electrons. The van der Waals surface area contributed by atoms with E-state index in [2.05, 4.69) is 5.32 Å². The van der Waals surface area contributed by atoms with Crippen LogP contribution in [-0.2, 0) is 16.0 Å². The summed E-state index contributed by atoms with van der Waals surface area (Å²) in [6.45, 7) is 5.34. The number of carbonyl (C=O) groups excluding carboxylic acids is 1. The minimum absolute atomic E-state index is 0.213. The number of carbonyl (C=O) groups is 2. The summed E-state index contributed by atoms with van der Waals surface area (Å²) < 4.78 is 0. The van der Waals surface area contributed by atoms with Crippen molar-refractivity contribution in [1.29, 1.82) is 0 Å². The molecule has 1 aromatic carbocycles. The number of rotatable bonds is 4. The van der Waals surface area contributed by atoms with Gasteiger partial charge in [-0.2, -0.15) is 0 Å². The Hall–Kier alpha value is -1.84. The van der Waals surface area contributed by atoms with Crippen molar-refractivity contribution in [2.24, 2.45) is 0 Å². The quantitative estimate of drug-likeness (QED) is 0.829. The van der Waals surface area contributed by atoms with Crippen LogP contribution in [0.2, 0.25) is 0 Å². The molecule has 0 aliphatic heterocycles. The zero-order valence-corrected chi connectivity index (χ0v) is 10.3. The van der Waals surface area contributed by atoms with Crippen LogP contribution in [0.15, 0.2) is 18.2 Å². The smallest absolute Gasteiger partial charge is 0.325 e. The summed E-state index contributed by atoms with van der Waals surface area (Å²) in [6, 6.07) is 5.03. The summed E-state index contributed by atoms with van der Waals surface area (Å²) in [5, 5.41) is 11.1. The van der Waals surface area contributed by atoms with Gasteiger partial charge in [0.1, 0.15) is 6.04 Å². The molecule has 1 atom stereocenters. The summed E-state index contributed by atoms with van der Waals surface area (Å²) in [7, 11) is 0. The van der Waals surface area contributed by atoms with E-state index >= 15 is 0 Å². The van der Waals surface area contributed by atoms with Crippen molar-refractivity contribution in [3.63, 3.8) is 0 Å². The molecule has 0 heterocycles. The van der Waals surface area contributed by atoms with Gasteiger partial charge >= 0.3 is 5.97 Å². The van der Waals surface area contributed by atoms with Gasteiger partial charge in [0.2, 0.25) is 5.91 Å². The van der Waals surface area contributed by atoms with E-state index in [1.807, 2.05) is 32.0 Å². The summed E-state index contributed by atoms with van der Waals surface area (Å²) in [5.74, 6) is -1.30. The molecule has 1 aromatic rings.